The van der Waals surface area contributed by atoms with Crippen LogP contribution in [0.4, 0.5) is 5.69 Å². The van der Waals surface area contributed by atoms with Crippen molar-refractivity contribution in [2.75, 3.05) is 52.9 Å². The van der Waals surface area contributed by atoms with Crippen molar-refractivity contribution >= 4 is 11.6 Å². The SMILES string of the molecule is COc1cc(OC)cc(C(=O)N2CCOC(c3ccc(N(C)C)cc3)C2)c1. The Kier molecular flexibility index (Phi) is 5.86. The van der Waals surface area contributed by atoms with Crippen LogP contribution < -0.4 is 14.4 Å². The van der Waals surface area contributed by atoms with Gasteiger partial charge in [-0.05, 0) is 29.8 Å². The molecule has 27 heavy (non-hydrogen) atoms. The standard InChI is InChI=1S/C21H26N2O4/c1-22(2)17-7-5-15(6-8-17)20-14-23(9-10-27-20)21(24)16-11-18(25-3)13-19(12-16)26-4/h5-8,11-13,20H,9-10,14H2,1-4H3. The van der Waals surface area contributed by atoms with Crippen LogP contribution in [-0.2, 0) is 4.74 Å². The fourth-order valence-corrected chi connectivity index (χ4v) is 3.14. The molecule has 6 heteroatoms. The molecule has 0 spiro atoms. The third kappa shape index (κ3) is 4.34. The van der Waals surface area contributed by atoms with E-state index in [2.05, 4.69) is 29.2 Å². The maximum atomic E-state index is 13.0. The van der Waals surface area contributed by atoms with E-state index in [4.69, 9.17) is 14.2 Å². The summed E-state index contributed by atoms with van der Waals surface area (Å²) in [5.74, 6) is 1.15. The molecule has 0 aliphatic carbocycles. The lowest BCUT2D eigenvalue weighted by atomic mass is 10.1. The van der Waals surface area contributed by atoms with Crippen molar-refractivity contribution < 1.29 is 19.0 Å². The van der Waals surface area contributed by atoms with Gasteiger partial charge in [0.25, 0.3) is 5.91 Å². The van der Waals surface area contributed by atoms with Gasteiger partial charge in [-0.1, -0.05) is 12.1 Å². The second-order valence-corrected chi connectivity index (χ2v) is 6.70. The first-order valence-electron chi connectivity index (χ1n) is 8.93. The van der Waals surface area contributed by atoms with Crippen LogP contribution in [0.25, 0.3) is 0 Å². The number of hydrogen-bond donors (Lipinski definition) is 0. The van der Waals surface area contributed by atoms with E-state index >= 15 is 0 Å². The van der Waals surface area contributed by atoms with Crippen molar-refractivity contribution in [2.45, 2.75) is 6.10 Å². The normalized spacial score (nSPS) is 16.7. The molecule has 6 nitrogen and oxygen atoms in total. The summed E-state index contributed by atoms with van der Waals surface area (Å²) >= 11 is 0. The quantitative estimate of drug-likeness (QED) is 0.810. The number of carbonyl (C=O) groups excluding carboxylic acids is 1. The molecule has 1 heterocycles. The lowest BCUT2D eigenvalue weighted by Gasteiger charge is -2.33. The first-order chi connectivity index (χ1) is 13.0. The fourth-order valence-electron chi connectivity index (χ4n) is 3.14. The van der Waals surface area contributed by atoms with Crippen LogP contribution in [0.3, 0.4) is 0 Å². The number of benzene rings is 2. The number of carbonyl (C=O) groups is 1. The molecule has 0 aromatic heterocycles. The van der Waals surface area contributed by atoms with Crippen LogP contribution in [0.2, 0.25) is 0 Å². The summed E-state index contributed by atoms with van der Waals surface area (Å²) < 4.78 is 16.5. The number of hydrogen-bond acceptors (Lipinski definition) is 5. The number of methoxy groups -OCH3 is 2. The molecule has 0 saturated carbocycles. The Morgan fingerprint density at radius 3 is 2.26 bits per heavy atom. The van der Waals surface area contributed by atoms with Gasteiger partial charge in [-0.3, -0.25) is 4.79 Å². The number of amides is 1. The van der Waals surface area contributed by atoms with Gasteiger partial charge in [-0.15, -0.1) is 0 Å². The smallest absolute Gasteiger partial charge is 0.254 e. The summed E-state index contributed by atoms with van der Waals surface area (Å²) in [7, 11) is 7.17. The first kappa shape index (κ1) is 19.0. The van der Waals surface area contributed by atoms with Gasteiger partial charge in [0.05, 0.1) is 27.4 Å². The minimum Gasteiger partial charge on any atom is -0.497 e. The summed E-state index contributed by atoms with van der Waals surface area (Å²) in [5.41, 5.74) is 2.75. The van der Waals surface area contributed by atoms with Crippen molar-refractivity contribution in [3.05, 3.63) is 53.6 Å². The van der Waals surface area contributed by atoms with E-state index in [-0.39, 0.29) is 12.0 Å². The highest BCUT2D eigenvalue weighted by Gasteiger charge is 2.26. The predicted octanol–water partition coefficient (Wildman–Crippen LogP) is 2.98. The summed E-state index contributed by atoms with van der Waals surface area (Å²) in [5, 5.41) is 0. The number of nitrogens with zero attached hydrogens (tertiary/aromatic N) is 2. The molecule has 2 aromatic rings. The zero-order valence-corrected chi connectivity index (χ0v) is 16.3. The van der Waals surface area contributed by atoms with Crippen LogP contribution in [0.15, 0.2) is 42.5 Å². The molecular formula is C21H26N2O4. The Bertz CT molecular complexity index is 767. The number of rotatable bonds is 5. The van der Waals surface area contributed by atoms with Gasteiger partial charge in [0, 0.05) is 38.0 Å². The van der Waals surface area contributed by atoms with Crippen LogP contribution in [0.5, 0.6) is 11.5 Å². The number of anilines is 1. The average Bonchev–Trinajstić information content (AvgIpc) is 2.72. The Morgan fingerprint density at radius 1 is 1.07 bits per heavy atom. The van der Waals surface area contributed by atoms with E-state index in [0.29, 0.717) is 36.8 Å². The van der Waals surface area contributed by atoms with Gasteiger partial charge in [0.15, 0.2) is 0 Å². The highest BCUT2D eigenvalue weighted by molar-refractivity contribution is 5.95. The maximum Gasteiger partial charge on any atom is 0.254 e. The summed E-state index contributed by atoms with van der Waals surface area (Å²) in [4.78, 5) is 16.9. The van der Waals surface area contributed by atoms with E-state index in [1.165, 1.54) is 0 Å². The Labute approximate surface area is 160 Å². The minimum absolute atomic E-state index is 0.0505. The fraction of sp³-hybridized carbons (Fsp3) is 0.381. The lowest BCUT2D eigenvalue weighted by Crippen LogP contribution is -2.42. The van der Waals surface area contributed by atoms with Crippen molar-refractivity contribution in [3.8, 4) is 11.5 Å². The second kappa shape index (κ2) is 8.31. The van der Waals surface area contributed by atoms with Crippen LogP contribution in [0, 0.1) is 0 Å². The number of morpholine rings is 1. The molecule has 1 saturated heterocycles. The molecule has 144 valence electrons. The zero-order valence-electron chi connectivity index (χ0n) is 16.3. The van der Waals surface area contributed by atoms with Crippen LogP contribution >= 0.6 is 0 Å². The Morgan fingerprint density at radius 2 is 1.70 bits per heavy atom. The van der Waals surface area contributed by atoms with Gasteiger partial charge < -0.3 is 24.0 Å². The van der Waals surface area contributed by atoms with E-state index in [1.54, 1.807) is 32.4 Å². The van der Waals surface area contributed by atoms with Gasteiger partial charge in [0.1, 0.15) is 17.6 Å². The van der Waals surface area contributed by atoms with E-state index in [1.807, 2.05) is 19.0 Å². The molecular weight excluding hydrogens is 344 g/mol. The van der Waals surface area contributed by atoms with Crippen molar-refractivity contribution in [3.63, 3.8) is 0 Å². The topological polar surface area (TPSA) is 51.2 Å². The average molecular weight is 370 g/mol. The maximum absolute atomic E-state index is 13.0. The van der Waals surface area contributed by atoms with Gasteiger partial charge in [-0.2, -0.15) is 0 Å². The molecule has 0 N–H and O–H groups in total. The molecule has 1 atom stereocenters. The molecule has 1 aliphatic heterocycles. The summed E-state index contributed by atoms with van der Waals surface area (Å²) in [6.45, 7) is 1.58. The van der Waals surface area contributed by atoms with E-state index in [9.17, 15) is 4.79 Å². The first-order valence-corrected chi connectivity index (χ1v) is 8.93. The largest absolute Gasteiger partial charge is 0.497 e. The van der Waals surface area contributed by atoms with Crippen molar-refractivity contribution in [2.24, 2.45) is 0 Å². The van der Waals surface area contributed by atoms with Gasteiger partial charge in [0.2, 0.25) is 0 Å². The predicted molar refractivity (Wildman–Crippen MR) is 105 cm³/mol. The van der Waals surface area contributed by atoms with Crippen LogP contribution in [0.1, 0.15) is 22.0 Å². The minimum atomic E-state index is -0.133. The number of ether oxygens (including phenoxy) is 3. The monoisotopic (exact) mass is 370 g/mol. The molecule has 1 unspecified atom stereocenters. The second-order valence-electron chi connectivity index (χ2n) is 6.70. The van der Waals surface area contributed by atoms with Gasteiger partial charge >= 0.3 is 0 Å². The third-order valence-electron chi connectivity index (χ3n) is 4.73. The Balaban J connectivity index is 1.76. The van der Waals surface area contributed by atoms with Crippen molar-refractivity contribution in [1.29, 1.82) is 0 Å². The Hall–Kier alpha value is -2.73. The summed E-state index contributed by atoms with van der Waals surface area (Å²) in [6, 6.07) is 13.5. The molecule has 3 rings (SSSR count). The van der Waals surface area contributed by atoms with Gasteiger partial charge in [-0.25, -0.2) is 0 Å². The summed E-state index contributed by atoms with van der Waals surface area (Å²) in [6.07, 6.45) is -0.133. The highest BCUT2D eigenvalue weighted by Crippen LogP contribution is 2.27. The molecule has 1 aliphatic rings. The molecule has 1 amide bonds. The zero-order chi connectivity index (χ0) is 19.4. The molecule has 1 fully saturated rings. The van der Waals surface area contributed by atoms with Crippen LogP contribution in [-0.4, -0.2) is 58.8 Å². The highest BCUT2D eigenvalue weighted by atomic mass is 16.5. The molecule has 2 aromatic carbocycles. The van der Waals surface area contributed by atoms with E-state index in [0.717, 1.165) is 11.3 Å². The molecule has 0 bridgehead atoms. The lowest BCUT2D eigenvalue weighted by molar-refractivity contribution is -0.0228. The third-order valence-corrected chi connectivity index (χ3v) is 4.73. The molecule has 0 radical (unpaired) electrons. The van der Waals surface area contributed by atoms with Crippen molar-refractivity contribution in [1.82, 2.24) is 4.90 Å². The van der Waals surface area contributed by atoms with E-state index < -0.39 is 0 Å².